The molecule has 2 aliphatic carbocycles. The van der Waals surface area contributed by atoms with Gasteiger partial charge < -0.3 is 0 Å². The van der Waals surface area contributed by atoms with E-state index in [0.717, 1.165) is 22.3 Å². The Hall–Kier alpha value is -2.10. The molecule has 26 heavy (non-hydrogen) atoms. The fourth-order valence-corrected chi connectivity index (χ4v) is 7.48. The van der Waals surface area contributed by atoms with Crippen molar-refractivity contribution in [2.75, 3.05) is 0 Å². The molecule has 0 fully saturated rings. The number of sulfone groups is 1. The number of halogens is 1. The lowest BCUT2D eigenvalue weighted by molar-refractivity contribution is 0.525. The van der Waals surface area contributed by atoms with Crippen LogP contribution in [0.25, 0.3) is 0 Å². The van der Waals surface area contributed by atoms with Crippen molar-refractivity contribution >= 4 is 21.4 Å². The maximum Gasteiger partial charge on any atom is 0.182 e. The van der Waals surface area contributed by atoms with Crippen LogP contribution in [0, 0.1) is 0 Å². The first kappa shape index (κ1) is 16.1. The van der Waals surface area contributed by atoms with Gasteiger partial charge in [-0.25, -0.2) is 8.42 Å². The van der Waals surface area contributed by atoms with Gasteiger partial charge in [-0.05, 0) is 34.4 Å². The van der Waals surface area contributed by atoms with Gasteiger partial charge in [-0.1, -0.05) is 66.7 Å². The average Bonchev–Trinajstić information content (AvgIpc) is 2.99. The summed E-state index contributed by atoms with van der Waals surface area (Å²) in [5.74, 6) is -0.412. The summed E-state index contributed by atoms with van der Waals surface area (Å²) in [4.78, 5) is 0.371. The van der Waals surface area contributed by atoms with Crippen LogP contribution in [0.1, 0.15) is 39.5 Å². The van der Waals surface area contributed by atoms with Gasteiger partial charge >= 0.3 is 0 Å². The van der Waals surface area contributed by atoms with Crippen LogP contribution in [0.15, 0.2) is 83.8 Å². The van der Waals surface area contributed by atoms with E-state index in [4.69, 9.17) is 11.6 Å². The molecule has 4 heteroatoms. The van der Waals surface area contributed by atoms with E-state index in [2.05, 4.69) is 6.07 Å². The van der Waals surface area contributed by atoms with E-state index in [9.17, 15) is 8.42 Å². The van der Waals surface area contributed by atoms with Crippen LogP contribution in [-0.4, -0.2) is 13.7 Å². The summed E-state index contributed by atoms with van der Waals surface area (Å²) < 4.78 is 27.2. The highest BCUT2D eigenvalue weighted by molar-refractivity contribution is 7.92. The molecule has 4 atom stereocenters. The molecule has 0 radical (unpaired) electrons. The minimum absolute atomic E-state index is 0.174. The summed E-state index contributed by atoms with van der Waals surface area (Å²) >= 11 is 6.89. The van der Waals surface area contributed by atoms with Gasteiger partial charge in [0.15, 0.2) is 9.84 Å². The van der Waals surface area contributed by atoms with Crippen LogP contribution in [0.5, 0.6) is 0 Å². The van der Waals surface area contributed by atoms with E-state index in [1.54, 1.807) is 24.3 Å². The number of hydrogen-bond donors (Lipinski definition) is 0. The molecule has 130 valence electrons. The van der Waals surface area contributed by atoms with E-state index in [1.807, 2.05) is 48.5 Å². The van der Waals surface area contributed by atoms with Crippen molar-refractivity contribution in [3.05, 3.63) is 101 Å². The quantitative estimate of drug-likeness (QED) is 0.583. The Morgan fingerprint density at radius 2 is 1.15 bits per heavy atom. The topological polar surface area (TPSA) is 34.1 Å². The lowest BCUT2D eigenvalue weighted by Crippen LogP contribution is -2.35. The van der Waals surface area contributed by atoms with E-state index in [-0.39, 0.29) is 17.2 Å². The number of benzene rings is 3. The minimum Gasteiger partial charge on any atom is -0.223 e. The third-order valence-corrected chi connectivity index (χ3v) is 8.46. The Morgan fingerprint density at radius 1 is 0.654 bits per heavy atom. The van der Waals surface area contributed by atoms with E-state index in [1.165, 1.54) is 0 Å². The van der Waals surface area contributed by atoms with Gasteiger partial charge in [-0.2, -0.15) is 0 Å². The van der Waals surface area contributed by atoms with Crippen LogP contribution in [0.2, 0.25) is 0 Å². The van der Waals surface area contributed by atoms with Gasteiger partial charge in [0.2, 0.25) is 0 Å². The molecule has 4 unspecified atom stereocenters. The summed E-state index contributed by atoms with van der Waals surface area (Å²) in [6, 6.07) is 24.8. The molecule has 0 aromatic heterocycles. The van der Waals surface area contributed by atoms with E-state index >= 15 is 0 Å². The standard InChI is InChI=1S/C22H17ClO2S/c23-21-18-13-7-6-12-17(18)19-15-10-4-5-11-16(15)20(21)22(19)26(24,25)14-8-2-1-3-9-14/h1-13,19-22H. The lowest BCUT2D eigenvalue weighted by Gasteiger charge is -2.35. The Morgan fingerprint density at radius 3 is 1.81 bits per heavy atom. The van der Waals surface area contributed by atoms with Gasteiger partial charge in [-0.3, -0.25) is 0 Å². The third kappa shape index (κ3) is 2.07. The zero-order valence-electron chi connectivity index (χ0n) is 13.9. The molecule has 0 heterocycles. The monoisotopic (exact) mass is 380 g/mol. The molecule has 3 aromatic carbocycles. The number of alkyl halides is 1. The number of fused-ring (bicyclic) bond motifs is 7. The molecular weight excluding hydrogens is 364 g/mol. The molecule has 3 aromatic rings. The van der Waals surface area contributed by atoms with Crippen molar-refractivity contribution in [2.45, 2.75) is 27.4 Å². The molecule has 0 saturated carbocycles. The molecule has 2 nitrogen and oxygen atoms in total. The van der Waals surface area contributed by atoms with Crippen LogP contribution >= 0.6 is 11.6 Å². The molecule has 2 bridgehead atoms. The van der Waals surface area contributed by atoms with Crippen molar-refractivity contribution in [3.63, 3.8) is 0 Å². The molecule has 0 saturated heterocycles. The van der Waals surface area contributed by atoms with Crippen molar-refractivity contribution in [1.29, 1.82) is 0 Å². The lowest BCUT2D eigenvalue weighted by atomic mass is 9.80. The van der Waals surface area contributed by atoms with Crippen molar-refractivity contribution in [1.82, 2.24) is 0 Å². The molecule has 2 aliphatic rings. The Balaban J connectivity index is 1.79. The first-order chi connectivity index (χ1) is 12.6. The molecule has 0 aliphatic heterocycles. The van der Waals surface area contributed by atoms with Crippen molar-refractivity contribution in [3.8, 4) is 0 Å². The predicted molar refractivity (Wildman–Crippen MR) is 103 cm³/mol. The summed E-state index contributed by atoms with van der Waals surface area (Å²) in [5, 5.41) is -0.922. The minimum atomic E-state index is -3.53. The molecule has 0 N–H and O–H groups in total. The zero-order valence-corrected chi connectivity index (χ0v) is 15.5. The van der Waals surface area contributed by atoms with Crippen LogP contribution in [0.4, 0.5) is 0 Å². The normalized spacial score (nSPS) is 26.2. The van der Waals surface area contributed by atoms with E-state index < -0.39 is 15.1 Å². The van der Waals surface area contributed by atoms with E-state index in [0.29, 0.717) is 4.90 Å². The maximum absolute atomic E-state index is 13.6. The second-order valence-electron chi connectivity index (χ2n) is 6.99. The first-order valence-corrected chi connectivity index (χ1v) is 10.7. The van der Waals surface area contributed by atoms with Gasteiger partial charge in [-0.15, -0.1) is 11.6 Å². The summed E-state index contributed by atoms with van der Waals surface area (Å²) in [6.45, 7) is 0. The molecule has 0 amide bonds. The second kappa shape index (κ2) is 5.70. The largest absolute Gasteiger partial charge is 0.223 e. The van der Waals surface area contributed by atoms with Crippen molar-refractivity contribution in [2.24, 2.45) is 0 Å². The van der Waals surface area contributed by atoms with Crippen LogP contribution < -0.4 is 0 Å². The summed E-state index contributed by atoms with van der Waals surface area (Å²) in [6.07, 6.45) is 0. The predicted octanol–water partition coefficient (Wildman–Crippen LogP) is 5.05. The first-order valence-electron chi connectivity index (χ1n) is 8.71. The highest BCUT2D eigenvalue weighted by Gasteiger charge is 2.55. The Bertz CT molecular complexity index is 1090. The van der Waals surface area contributed by atoms with Crippen LogP contribution in [-0.2, 0) is 9.84 Å². The number of hydrogen-bond acceptors (Lipinski definition) is 2. The fourth-order valence-electron chi connectivity index (χ4n) is 4.71. The Kier molecular flexibility index (Phi) is 3.53. The van der Waals surface area contributed by atoms with Gasteiger partial charge in [0.1, 0.15) is 0 Å². The highest BCUT2D eigenvalue weighted by Crippen LogP contribution is 2.61. The SMILES string of the molecule is O=S(=O)(c1ccccc1)C1C2c3ccccc3C(Cl)C1c1ccccc12. The van der Waals surface area contributed by atoms with Crippen LogP contribution in [0.3, 0.4) is 0 Å². The average molecular weight is 381 g/mol. The molecule has 5 rings (SSSR count). The van der Waals surface area contributed by atoms with Crippen molar-refractivity contribution < 1.29 is 8.42 Å². The summed E-state index contributed by atoms with van der Waals surface area (Å²) in [5.41, 5.74) is 4.26. The smallest absolute Gasteiger partial charge is 0.182 e. The number of rotatable bonds is 2. The van der Waals surface area contributed by atoms with Gasteiger partial charge in [0, 0.05) is 11.8 Å². The second-order valence-corrected chi connectivity index (χ2v) is 9.56. The molecular formula is C22H17ClO2S. The highest BCUT2D eigenvalue weighted by atomic mass is 35.5. The summed E-state index contributed by atoms with van der Waals surface area (Å²) in [7, 11) is -3.53. The molecule has 0 spiro atoms. The Labute approximate surface area is 158 Å². The zero-order chi connectivity index (χ0) is 17.9. The fraction of sp³-hybridized carbons (Fsp3) is 0.182. The van der Waals surface area contributed by atoms with Gasteiger partial charge in [0.05, 0.1) is 15.5 Å². The maximum atomic E-state index is 13.6. The third-order valence-electron chi connectivity index (χ3n) is 5.75. The van der Waals surface area contributed by atoms with Gasteiger partial charge in [0.25, 0.3) is 0 Å².